The minimum Gasteiger partial charge on any atom is -0.467 e. The lowest BCUT2D eigenvalue weighted by Gasteiger charge is -2.23. The number of thioether (sulfide) groups is 1. The average Bonchev–Trinajstić information content (AvgIpc) is 3.18. The quantitative estimate of drug-likeness (QED) is 0.812. The fourth-order valence-electron chi connectivity index (χ4n) is 2.37. The zero-order valence-corrected chi connectivity index (χ0v) is 12.8. The van der Waals surface area contributed by atoms with E-state index in [2.05, 4.69) is 4.74 Å². The maximum atomic E-state index is 12.1. The summed E-state index contributed by atoms with van der Waals surface area (Å²) in [5.74, 6) is 0.925. The summed E-state index contributed by atoms with van der Waals surface area (Å²) in [5, 5.41) is -0.0655. The van der Waals surface area contributed by atoms with Gasteiger partial charge >= 0.3 is 5.97 Å². The summed E-state index contributed by atoms with van der Waals surface area (Å²) in [6, 6.07) is 10.8. The number of carbonyl (C=O) groups excluding carboxylic acids is 2. The van der Waals surface area contributed by atoms with Crippen LogP contribution in [0.3, 0.4) is 0 Å². The van der Waals surface area contributed by atoms with Crippen molar-refractivity contribution < 1.29 is 18.7 Å². The smallest absolute Gasteiger partial charge is 0.337 e. The van der Waals surface area contributed by atoms with Gasteiger partial charge in [0.1, 0.15) is 11.1 Å². The molecule has 114 valence electrons. The molecule has 0 N–H and O–H groups in total. The van der Waals surface area contributed by atoms with Gasteiger partial charge in [0.05, 0.1) is 31.2 Å². The number of esters is 1. The third-order valence-electron chi connectivity index (χ3n) is 3.49. The van der Waals surface area contributed by atoms with E-state index in [1.807, 2.05) is 24.3 Å². The van der Waals surface area contributed by atoms with Crippen LogP contribution < -0.4 is 0 Å². The van der Waals surface area contributed by atoms with E-state index in [0.717, 1.165) is 11.3 Å². The zero-order chi connectivity index (χ0) is 15.5. The van der Waals surface area contributed by atoms with Gasteiger partial charge in [-0.1, -0.05) is 12.1 Å². The summed E-state index contributed by atoms with van der Waals surface area (Å²) >= 11 is 1.57. The van der Waals surface area contributed by atoms with Crippen molar-refractivity contribution in [3.05, 3.63) is 59.5 Å². The molecule has 2 heterocycles. The first-order valence-corrected chi connectivity index (χ1v) is 7.85. The number of benzene rings is 1. The second-order valence-electron chi connectivity index (χ2n) is 4.88. The van der Waals surface area contributed by atoms with Gasteiger partial charge in [0.2, 0.25) is 5.91 Å². The molecule has 1 atom stereocenters. The molecule has 1 aliphatic rings. The Bertz CT molecular complexity index is 666. The first kappa shape index (κ1) is 14.7. The predicted molar refractivity (Wildman–Crippen MR) is 82.2 cm³/mol. The Labute approximate surface area is 132 Å². The van der Waals surface area contributed by atoms with Crippen molar-refractivity contribution in [3.8, 4) is 0 Å². The third-order valence-corrected chi connectivity index (χ3v) is 4.75. The standard InChI is InChI=1S/C16H15NO4S/c1-20-16(19)12-6-4-11(5-7-12)15-17(14(18)10-22-15)9-13-3-2-8-21-13/h2-8,15H,9-10H2,1H3. The maximum absolute atomic E-state index is 12.1. The molecule has 1 aromatic heterocycles. The molecule has 1 aliphatic heterocycles. The summed E-state index contributed by atoms with van der Waals surface area (Å²) < 4.78 is 10.0. The number of hydrogen-bond donors (Lipinski definition) is 0. The van der Waals surface area contributed by atoms with E-state index in [9.17, 15) is 9.59 Å². The van der Waals surface area contributed by atoms with E-state index in [0.29, 0.717) is 17.9 Å². The average molecular weight is 317 g/mol. The van der Waals surface area contributed by atoms with Crippen LogP contribution in [0.25, 0.3) is 0 Å². The lowest BCUT2D eigenvalue weighted by atomic mass is 10.1. The Morgan fingerprint density at radius 1 is 1.36 bits per heavy atom. The van der Waals surface area contributed by atoms with Gasteiger partial charge in [0, 0.05) is 0 Å². The third kappa shape index (κ3) is 2.87. The highest BCUT2D eigenvalue weighted by molar-refractivity contribution is 8.00. The molecule has 0 saturated carbocycles. The molecular weight excluding hydrogens is 302 g/mol. The highest BCUT2D eigenvalue weighted by Crippen LogP contribution is 2.39. The second kappa shape index (κ2) is 6.27. The molecule has 0 bridgehead atoms. The van der Waals surface area contributed by atoms with Crippen molar-refractivity contribution in [3.63, 3.8) is 0 Å². The molecule has 0 radical (unpaired) electrons. The Hall–Kier alpha value is -2.21. The fraction of sp³-hybridized carbons (Fsp3) is 0.250. The Kier molecular flexibility index (Phi) is 4.20. The SMILES string of the molecule is COC(=O)c1ccc(C2SCC(=O)N2Cc2ccco2)cc1. The van der Waals surface area contributed by atoms with E-state index in [1.54, 1.807) is 35.1 Å². The Morgan fingerprint density at radius 3 is 2.77 bits per heavy atom. The Morgan fingerprint density at radius 2 is 2.14 bits per heavy atom. The van der Waals surface area contributed by atoms with Gasteiger partial charge in [0.15, 0.2) is 0 Å². The van der Waals surface area contributed by atoms with E-state index < -0.39 is 0 Å². The van der Waals surface area contributed by atoms with Crippen LogP contribution in [-0.4, -0.2) is 29.6 Å². The van der Waals surface area contributed by atoms with E-state index in [1.165, 1.54) is 7.11 Å². The molecule has 1 fully saturated rings. The van der Waals surface area contributed by atoms with Crippen LogP contribution in [0.5, 0.6) is 0 Å². The number of nitrogens with zero attached hydrogens (tertiary/aromatic N) is 1. The molecule has 22 heavy (non-hydrogen) atoms. The van der Waals surface area contributed by atoms with Crippen LogP contribution in [0.2, 0.25) is 0 Å². The summed E-state index contributed by atoms with van der Waals surface area (Å²) in [6.07, 6.45) is 1.60. The monoisotopic (exact) mass is 317 g/mol. The van der Waals surface area contributed by atoms with Gasteiger partial charge in [-0.3, -0.25) is 4.79 Å². The zero-order valence-electron chi connectivity index (χ0n) is 12.0. The normalized spacial score (nSPS) is 17.8. The molecule has 1 saturated heterocycles. The molecule has 6 heteroatoms. The topological polar surface area (TPSA) is 59.8 Å². The molecule has 5 nitrogen and oxygen atoms in total. The van der Waals surface area contributed by atoms with Crippen LogP contribution in [0.1, 0.15) is 27.1 Å². The van der Waals surface area contributed by atoms with Gasteiger partial charge in [-0.2, -0.15) is 0 Å². The number of amides is 1. The number of rotatable bonds is 4. The van der Waals surface area contributed by atoms with Gasteiger partial charge in [-0.15, -0.1) is 11.8 Å². The molecular formula is C16H15NO4S. The van der Waals surface area contributed by atoms with Crippen molar-refractivity contribution in [2.24, 2.45) is 0 Å². The maximum Gasteiger partial charge on any atom is 0.337 e. The van der Waals surface area contributed by atoms with Crippen molar-refractivity contribution in [2.45, 2.75) is 11.9 Å². The van der Waals surface area contributed by atoms with E-state index in [-0.39, 0.29) is 17.3 Å². The first-order chi connectivity index (χ1) is 10.7. The van der Waals surface area contributed by atoms with Crippen LogP contribution in [0.4, 0.5) is 0 Å². The number of methoxy groups -OCH3 is 1. The van der Waals surface area contributed by atoms with Crippen molar-refractivity contribution in [1.29, 1.82) is 0 Å². The van der Waals surface area contributed by atoms with Crippen LogP contribution in [0.15, 0.2) is 47.1 Å². The van der Waals surface area contributed by atoms with E-state index in [4.69, 9.17) is 4.42 Å². The van der Waals surface area contributed by atoms with Gasteiger partial charge in [0.25, 0.3) is 0 Å². The predicted octanol–water partition coefficient (Wildman–Crippen LogP) is 2.84. The molecule has 1 amide bonds. The highest BCUT2D eigenvalue weighted by atomic mass is 32.2. The van der Waals surface area contributed by atoms with Crippen molar-refractivity contribution >= 4 is 23.6 Å². The van der Waals surface area contributed by atoms with Crippen LogP contribution in [0, 0.1) is 0 Å². The lowest BCUT2D eigenvalue weighted by Crippen LogP contribution is -2.27. The molecule has 1 aromatic carbocycles. The summed E-state index contributed by atoms with van der Waals surface area (Å²) in [6.45, 7) is 0.447. The summed E-state index contributed by atoms with van der Waals surface area (Å²) in [7, 11) is 1.35. The minimum atomic E-state index is -0.367. The van der Waals surface area contributed by atoms with Gasteiger partial charge in [-0.25, -0.2) is 4.79 Å². The summed E-state index contributed by atoms with van der Waals surface area (Å²) in [5.41, 5.74) is 1.48. The molecule has 3 rings (SSSR count). The highest BCUT2D eigenvalue weighted by Gasteiger charge is 2.33. The molecule has 1 unspecified atom stereocenters. The van der Waals surface area contributed by atoms with Crippen LogP contribution in [-0.2, 0) is 16.1 Å². The van der Waals surface area contributed by atoms with Crippen LogP contribution >= 0.6 is 11.8 Å². The number of hydrogen-bond acceptors (Lipinski definition) is 5. The van der Waals surface area contributed by atoms with Gasteiger partial charge in [-0.05, 0) is 29.8 Å². The van der Waals surface area contributed by atoms with Gasteiger partial charge < -0.3 is 14.1 Å². The number of carbonyl (C=O) groups is 2. The molecule has 0 aliphatic carbocycles. The largest absolute Gasteiger partial charge is 0.467 e. The fourth-order valence-corrected chi connectivity index (χ4v) is 3.56. The molecule has 2 aromatic rings. The minimum absolute atomic E-state index is 0.0655. The van der Waals surface area contributed by atoms with Crippen molar-refractivity contribution in [1.82, 2.24) is 4.90 Å². The van der Waals surface area contributed by atoms with E-state index >= 15 is 0 Å². The lowest BCUT2D eigenvalue weighted by molar-refractivity contribution is -0.128. The second-order valence-corrected chi connectivity index (χ2v) is 5.95. The number of ether oxygens (including phenoxy) is 1. The first-order valence-electron chi connectivity index (χ1n) is 6.81. The van der Waals surface area contributed by atoms with Crippen molar-refractivity contribution in [2.75, 3.05) is 12.9 Å². The summed E-state index contributed by atoms with van der Waals surface area (Å²) in [4.78, 5) is 25.4. The number of furan rings is 1. The molecule has 0 spiro atoms. The Balaban J connectivity index is 1.80.